The summed E-state index contributed by atoms with van der Waals surface area (Å²) in [5, 5.41) is 12.3. The van der Waals surface area contributed by atoms with Crippen LogP contribution in [0.2, 0.25) is 0 Å². The minimum atomic E-state index is -0.721. The molecule has 6 nitrogen and oxygen atoms in total. The van der Waals surface area contributed by atoms with Gasteiger partial charge in [0.1, 0.15) is 6.04 Å². The first-order valence-electron chi connectivity index (χ1n) is 12.7. The van der Waals surface area contributed by atoms with Crippen LogP contribution in [0.5, 0.6) is 0 Å². The fourth-order valence-corrected chi connectivity index (χ4v) is 8.51. The Morgan fingerprint density at radius 1 is 1.06 bits per heavy atom. The van der Waals surface area contributed by atoms with Crippen LogP contribution in [0, 0.1) is 39.9 Å². The number of nitrogens with one attached hydrogen (secondary N) is 1. The van der Waals surface area contributed by atoms with Gasteiger partial charge in [-0.2, -0.15) is 5.26 Å². The minimum Gasteiger partial charge on any atom is -0.343 e. The van der Waals surface area contributed by atoms with Gasteiger partial charge < -0.3 is 10.2 Å². The molecule has 174 valence electrons. The number of amides is 2. The molecule has 33 heavy (non-hydrogen) atoms. The van der Waals surface area contributed by atoms with E-state index in [0.29, 0.717) is 24.9 Å². The highest BCUT2D eigenvalue weighted by molar-refractivity contribution is 5.88. The summed E-state index contributed by atoms with van der Waals surface area (Å²) in [7, 11) is 0. The van der Waals surface area contributed by atoms with Crippen molar-refractivity contribution >= 4 is 11.8 Å². The topological polar surface area (TPSA) is 76.4 Å². The summed E-state index contributed by atoms with van der Waals surface area (Å²) in [6, 6.07) is 11.8. The van der Waals surface area contributed by atoms with Crippen molar-refractivity contribution in [2.45, 2.75) is 57.5 Å². The number of hydrogen-bond donors (Lipinski definition) is 1. The second-order valence-electron chi connectivity index (χ2n) is 11.5. The third-order valence-electron chi connectivity index (χ3n) is 9.86. The summed E-state index contributed by atoms with van der Waals surface area (Å²) < 4.78 is 0. The smallest absolute Gasteiger partial charge is 0.246 e. The fraction of sp³-hybridized carbons (Fsp3) is 0.667. The van der Waals surface area contributed by atoms with Crippen LogP contribution >= 0.6 is 0 Å². The van der Waals surface area contributed by atoms with E-state index in [2.05, 4.69) is 40.6 Å². The van der Waals surface area contributed by atoms with E-state index in [9.17, 15) is 14.9 Å². The Hall–Kier alpha value is -2.39. The fourth-order valence-electron chi connectivity index (χ4n) is 8.51. The van der Waals surface area contributed by atoms with Gasteiger partial charge in [-0.3, -0.25) is 14.5 Å². The van der Waals surface area contributed by atoms with Gasteiger partial charge >= 0.3 is 0 Å². The minimum absolute atomic E-state index is 0.0261. The van der Waals surface area contributed by atoms with Gasteiger partial charge in [0, 0.05) is 39.1 Å². The molecule has 4 saturated carbocycles. The van der Waals surface area contributed by atoms with E-state index in [4.69, 9.17) is 0 Å². The molecule has 2 bridgehead atoms. The van der Waals surface area contributed by atoms with Crippen LogP contribution in [-0.4, -0.2) is 53.8 Å². The normalized spacial score (nSPS) is 36.8. The van der Waals surface area contributed by atoms with E-state index in [1.54, 1.807) is 0 Å². The maximum Gasteiger partial charge on any atom is 0.246 e. The predicted octanol–water partition coefficient (Wildman–Crippen LogP) is 2.95. The Labute approximate surface area is 196 Å². The number of nitrogens with zero attached hydrogens (tertiary/aromatic N) is 3. The van der Waals surface area contributed by atoms with E-state index < -0.39 is 6.04 Å². The zero-order valence-corrected chi connectivity index (χ0v) is 19.3. The lowest BCUT2D eigenvalue weighted by Crippen LogP contribution is -2.59. The Bertz CT molecular complexity index is 962. The summed E-state index contributed by atoms with van der Waals surface area (Å²) in [6.07, 6.45) is 6.97. The van der Waals surface area contributed by atoms with Gasteiger partial charge in [-0.05, 0) is 66.3 Å². The van der Waals surface area contributed by atoms with Gasteiger partial charge in [-0.15, -0.1) is 0 Å². The number of carbonyl (C=O) groups excluding carboxylic acids is 2. The molecule has 1 N–H and O–H groups in total. The van der Waals surface area contributed by atoms with E-state index in [1.807, 2.05) is 11.0 Å². The lowest BCUT2D eigenvalue weighted by Gasteiger charge is -2.66. The number of nitriles is 1. The molecule has 3 unspecified atom stereocenters. The van der Waals surface area contributed by atoms with Crippen molar-refractivity contribution in [1.29, 1.82) is 5.26 Å². The Kier molecular flexibility index (Phi) is 5.03. The summed E-state index contributed by atoms with van der Waals surface area (Å²) in [6.45, 7) is 3.78. The molecule has 1 saturated heterocycles. The standard InChI is InChI=1S/C27H34N4O2/c28-7-6-23(25(33)31-10-8-30(9-11-31)17-19-4-2-1-3-5-19)29-24(32)16-26-14-21-12-20-13-22(15-26)27(20,21)18-26/h1-5,20-23H,6,8-18H2,(H,29,32). The zero-order chi connectivity index (χ0) is 22.6. The first-order valence-corrected chi connectivity index (χ1v) is 12.7. The Morgan fingerprint density at radius 3 is 2.36 bits per heavy atom. The molecule has 2 amide bonds. The summed E-state index contributed by atoms with van der Waals surface area (Å²) in [5.41, 5.74) is 2.04. The molecule has 6 heteroatoms. The number of rotatable bonds is 7. The SMILES string of the molecule is N#CCC(NC(=O)CC12CC3CC4CC(C1)C43C2)C(=O)N1CCN(Cc2ccccc2)CC1. The molecular weight excluding hydrogens is 412 g/mol. The second kappa shape index (κ2) is 7.84. The molecule has 1 aliphatic heterocycles. The third kappa shape index (κ3) is 3.39. The number of hydrogen-bond acceptors (Lipinski definition) is 4. The number of carbonyl (C=O) groups is 2. The maximum atomic E-state index is 13.2. The van der Waals surface area contributed by atoms with Crippen LogP contribution in [0.15, 0.2) is 30.3 Å². The van der Waals surface area contributed by atoms with Gasteiger partial charge in [-0.1, -0.05) is 30.3 Å². The van der Waals surface area contributed by atoms with E-state index >= 15 is 0 Å². The van der Waals surface area contributed by atoms with Crippen LogP contribution < -0.4 is 5.32 Å². The van der Waals surface area contributed by atoms with Crippen molar-refractivity contribution < 1.29 is 9.59 Å². The van der Waals surface area contributed by atoms with Crippen LogP contribution in [-0.2, 0) is 16.1 Å². The molecule has 1 aromatic carbocycles. The summed E-state index contributed by atoms with van der Waals surface area (Å²) >= 11 is 0. The molecule has 6 rings (SSSR count). The largest absolute Gasteiger partial charge is 0.343 e. The van der Waals surface area contributed by atoms with E-state index in [-0.39, 0.29) is 23.7 Å². The van der Waals surface area contributed by atoms with Crippen molar-refractivity contribution in [3.05, 3.63) is 35.9 Å². The molecule has 5 aliphatic rings. The Morgan fingerprint density at radius 2 is 1.76 bits per heavy atom. The van der Waals surface area contributed by atoms with Crippen LogP contribution in [0.4, 0.5) is 0 Å². The average Bonchev–Trinajstić information content (AvgIpc) is 3.26. The van der Waals surface area contributed by atoms with E-state index in [0.717, 1.165) is 37.4 Å². The molecular formula is C27H34N4O2. The Balaban J connectivity index is 1.03. The van der Waals surface area contributed by atoms with Gasteiger partial charge in [-0.25, -0.2) is 0 Å². The second-order valence-corrected chi connectivity index (χ2v) is 11.5. The number of fused-ring (bicyclic) bond motifs is 1. The number of piperazine rings is 1. The van der Waals surface area contributed by atoms with Crippen molar-refractivity contribution in [2.75, 3.05) is 26.2 Å². The van der Waals surface area contributed by atoms with Crippen LogP contribution in [0.3, 0.4) is 0 Å². The van der Waals surface area contributed by atoms with Crippen molar-refractivity contribution in [3.63, 3.8) is 0 Å². The number of benzene rings is 1. The third-order valence-corrected chi connectivity index (χ3v) is 9.86. The quantitative estimate of drug-likeness (QED) is 0.699. The first-order chi connectivity index (χ1) is 16.0. The lowest BCUT2D eigenvalue weighted by atomic mass is 9.38. The molecule has 0 aromatic heterocycles. The highest BCUT2D eigenvalue weighted by Gasteiger charge is 2.77. The highest BCUT2D eigenvalue weighted by Crippen LogP contribution is 2.85. The van der Waals surface area contributed by atoms with Gasteiger partial charge in [0.15, 0.2) is 0 Å². The average molecular weight is 447 g/mol. The molecule has 5 fully saturated rings. The molecule has 0 radical (unpaired) electrons. The van der Waals surface area contributed by atoms with Crippen LogP contribution in [0.1, 0.15) is 50.5 Å². The first kappa shape index (κ1) is 21.2. The predicted molar refractivity (Wildman–Crippen MR) is 123 cm³/mol. The monoisotopic (exact) mass is 446 g/mol. The summed E-state index contributed by atoms with van der Waals surface area (Å²) in [5.74, 6) is 2.52. The lowest BCUT2D eigenvalue weighted by molar-refractivity contribution is -0.177. The van der Waals surface area contributed by atoms with Crippen LogP contribution in [0.25, 0.3) is 0 Å². The molecule has 1 aromatic rings. The van der Waals surface area contributed by atoms with Gasteiger partial charge in [0.05, 0.1) is 12.5 Å². The molecule has 1 spiro atoms. The summed E-state index contributed by atoms with van der Waals surface area (Å²) in [4.78, 5) is 30.4. The van der Waals surface area contributed by atoms with Gasteiger partial charge in [0.2, 0.25) is 11.8 Å². The van der Waals surface area contributed by atoms with Crippen molar-refractivity contribution in [1.82, 2.24) is 15.1 Å². The molecule has 1 heterocycles. The zero-order valence-electron chi connectivity index (χ0n) is 19.3. The van der Waals surface area contributed by atoms with E-state index in [1.165, 1.54) is 37.7 Å². The van der Waals surface area contributed by atoms with Gasteiger partial charge in [0.25, 0.3) is 0 Å². The van der Waals surface area contributed by atoms with Crippen molar-refractivity contribution in [2.24, 2.45) is 28.6 Å². The molecule has 4 aliphatic carbocycles. The maximum absolute atomic E-state index is 13.2. The highest BCUT2D eigenvalue weighted by atomic mass is 16.2. The van der Waals surface area contributed by atoms with Crippen molar-refractivity contribution in [3.8, 4) is 6.07 Å². The molecule has 3 atom stereocenters.